The molecule has 16 heavy (non-hydrogen) atoms. The summed E-state index contributed by atoms with van der Waals surface area (Å²) < 4.78 is 0. The van der Waals surface area contributed by atoms with Crippen molar-refractivity contribution >= 4 is 8.07 Å². The van der Waals surface area contributed by atoms with Crippen molar-refractivity contribution < 1.29 is 0 Å². The number of hydrogen-bond donors (Lipinski definition) is 0. The van der Waals surface area contributed by atoms with Crippen molar-refractivity contribution in [2.75, 3.05) is 0 Å². The number of allylic oxidation sites excluding steroid dienone is 1. The summed E-state index contributed by atoms with van der Waals surface area (Å²) in [5.74, 6) is 0. The molecular weight excluding hydrogens is 208 g/mol. The Morgan fingerprint density at radius 3 is 1.75 bits per heavy atom. The van der Waals surface area contributed by atoms with Crippen LogP contribution < -0.4 is 0 Å². The van der Waals surface area contributed by atoms with E-state index in [2.05, 4.69) is 38.3 Å². The molecule has 1 heteroatoms. The smallest absolute Gasteiger partial charge is 0.0682 e. The molecule has 0 heterocycles. The molecular formula is C15H32Si. The van der Waals surface area contributed by atoms with Crippen molar-refractivity contribution in [2.45, 2.75) is 84.4 Å². The van der Waals surface area contributed by atoms with Crippen LogP contribution in [0.25, 0.3) is 0 Å². The first-order chi connectivity index (χ1) is 7.56. The van der Waals surface area contributed by atoms with Gasteiger partial charge in [-0.15, -0.1) is 0 Å². The third-order valence-corrected chi connectivity index (χ3v) is 4.08. The van der Waals surface area contributed by atoms with Crippen LogP contribution in [0.15, 0.2) is 11.8 Å². The van der Waals surface area contributed by atoms with Gasteiger partial charge in [0.2, 0.25) is 0 Å². The molecule has 0 spiro atoms. The molecule has 0 fully saturated rings. The molecule has 0 rings (SSSR count). The Morgan fingerprint density at radius 2 is 1.25 bits per heavy atom. The number of rotatable bonds is 10. The molecule has 0 aromatic carbocycles. The molecule has 0 saturated heterocycles. The first-order valence-electron chi connectivity index (χ1n) is 7.24. The Hall–Kier alpha value is -0.0431. The molecule has 0 aliphatic carbocycles. The van der Waals surface area contributed by atoms with E-state index in [9.17, 15) is 0 Å². The van der Waals surface area contributed by atoms with Gasteiger partial charge in [0, 0.05) is 0 Å². The van der Waals surface area contributed by atoms with Gasteiger partial charge < -0.3 is 0 Å². The van der Waals surface area contributed by atoms with Gasteiger partial charge in [0.05, 0.1) is 8.07 Å². The normalized spacial score (nSPS) is 12.5. The molecule has 96 valence electrons. The third kappa shape index (κ3) is 14.0. The van der Waals surface area contributed by atoms with Crippen molar-refractivity contribution in [3.63, 3.8) is 0 Å². The summed E-state index contributed by atoms with van der Waals surface area (Å²) in [5, 5.41) is 0. The SMILES string of the molecule is CCCCCCCCCC/C=C/[Si](C)(C)C. The molecule has 0 atom stereocenters. The average molecular weight is 241 g/mol. The molecule has 0 radical (unpaired) electrons. The molecule has 0 amide bonds. The van der Waals surface area contributed by atoms with Crippen LogP contribution in [-0.2, 0) is 0 Å². The van der Waals surface area contributed by atoms with Crippen molar-refractivity contribution in [2.24, 2.45) is 0 Å². The zero-order valence-electron chi connectivity index (χ0n) is 12.0. The van der Waals surface area contributed by atoms with Gasteiger partial charge in [-0.2, -0.15) is 0 Å². The Morgan fingerprint density at radius 1 is 0.750 bits per heavy atom. The second-order valence-corrected chi connectivity index (χ2v) is 11.1. The van der Waals surface area contributed by atoms with Gasteiger partial charge in [0.25, 0.3) is 0 Å². The van der Waals surface area contributed by atoms with Crippen LogP contribution in [0.4, 0.5) is 0 Å². The standard InChI is InChI=1S/C15H32Si/c1-5-6-7-8-9-10-11-12-13-14-15-16(2,3)4/h14-15H,5-13H2,1-4H3/b15-14+. The molecule has 0 saturated carbocycles. The zero-order valence-corrected chi connectivity index (χ0v) is 13.0. The van der Waals surface area contributed by atoms with Crippen molar-refractivity contribution in [1.29, 1.82) is 0 Å². The highest BCUT2D eigenvalue weighted by atomic mass is 28.3. The fourth-order valence-electron chi connectivity index (χ4n) is 1.83. The van der Waals surface area contributed by atoms with Crippen molar-refractivity contribution in [3.05, 3.63) is 11.8 Å². The van der Waals surface area contributed by atoms with Gasteiger partial charge in [-0.1, -0.05) is 83.3 Å². The largest absolute Gasteiger partial charge is 0.0989 e. The van der Waals surface area contributed by atoms with Crippen molar-refractivity contribution in [1.82, 2.24) is 0 Å². The Kier molecular flexibility index (Phi) is 10.1. The first kappa shape index (κ1) is 16.0. The lowest BCUT2D eigenvalue weighted by Gasteiger charge is -2.07. The van der Waals surface area contributed by atoms with E-state index < -0.39 is 8.07 Å². The Labute approximate surface area is 105 Å². The van der Waals surface area contributed by atoms with E-state index in [0.29, 0.717) is 0 Å². The molecule has 0 aromatic rings. The quantitative estimate of drug-likeness (QED) is 0.327. The van der Waals surface area contributed by atoms with Crippen LogP contribution in [0, 0.1) is 0 Å². The number of hydrogen-bond acceptors (Lipinski definition) is 0. The lowest BCUT2D eigenvalue weighted by Crippen LogP contribution is -2.15. The van der Waals surface area contributed by atoms with Gasteiger partial charge in [-0.05, 0) is 12.8 Å². The van der Waals surface area contributed by atoms with Gasteiger partial charge in [0.1, 0.15) is 0 Å². The molecule has 0 aromatic heterocycles. The van der Waals surface area contributed by atoms with Crippen LogP contribution in [0.2, 0.25) is 19.6 Å². The third-order valence-electron chi connectivity index (χ3n) is 2.84. The monoisotopic (exact) mass is 240 g/mol. The van der Waals surface area contributed by atoms with Crippen LogP contribution in [-0.4, -0.2) is 8.07 Å². The molecule has 0 bridgehead atoms. The van der Waals surface area contributed by atoms with E-state index in [0.717, 1.165) is 0 Å². The minimum atomic E-state index is -0.928. The Balaban J connectivity index is 3.13. The molecule has 0 unspecified atom stereocenters. The molecule has 0 aliphatic heterocycles. The van der Waals surface area contributed by atoms with Crippen molar-refractivity contribution in [3.8, 4) is 0 Å². The van der Waals surface area contributed by atoms with Gasteiger partial charge >= 0.3 is 0 Å². The van der Waals surface area contributed by atoms with E-state index in [-0.39, 0.29) is 0 Å². The van der Waals surface area contributed by atoms with Gasteiger partial charge in [-0.3, -0.25) is 0 Å². The van der Waals surface area contributed by atoms with E-state index in [1.54, 1.807) is 0 Å². The van der Waals surface area contributed by atoms with E-state index >= 15 is 0 Å². The van der Waals surface area contributed by atoms with E-state index in [4.69, 9.17) is 0 Å². The maximum Gasteiger partial charge on any atom is 0.0682 e. The second-order valence-electron chi connectivity index (χ2n) is 6.03. The summed E-state index contributed by atoms with van der Waals surface area (Å²) in [7, 11) is -0.928. The average Bonchev–Trinajstić information content (AvgIpc) is 2.19. The first-order valence-corrected chi connectivity index (χ1v) is 10.8. The molecule has 0 aliphatic rings. The number of unbranched alkanes of at least 4 members (excludes halogenated alkanes) is 8. The predicted octanol–water partition coefficient (Wildman–Crippen LogP) is 5.95. The van der Waals surface area contributed by atoms with Gasteiger partial charge in [-0.25, -0.2) is 0 Å². The fraction of sp³-hybridized carbons (Fsp3) is 0.867. The molecule has 0 nitrogen and oxygen atoms in total. The minimum Gasteiger partial charge on any atom is -0.0989 e. The predicted molar refractivity (Wildman–Crippen MR) is 79.7 cm³/mol. The molecule has 0 N–H and O–H groups in total. The summed E-state index contributed by atoms with van der Waals surface area (Å²) in [6.07, 6.45) is 15.2. The zero-order chi connectivity index (χ0) is 12.3. The summed E-state index contributed by atoms with van der Waals surface area (Å²) in [6.45, 7) is 9.48. The lowest BCUT2D eigenvalue weighted by atomic mass is 10.1. The summed E-state index contributed by atoms with van der Waals surface area (Å²) in [4.78, 5) is 0. The highest BCUT2D eigenvalue weighted by Gasteiger charge is 2.05. The Bertz CT molecular complexity index is 165. The summed E-state index contributed by atoms with van der Waals surface area (Å²) >= 11 is 0. The maximum absolute atomic E-state index is 2.48. The fourth-order valence-corrected chi connectivity index (χ4v) is 2.71. The van der Waals surface area contributed by atoms with Crippen LogP contribution in [0.5, 0.6) is 0 Å². The minimum absolute atomic E-state index is 0.928. The summed E-state index contributed by atoms with van der Waals surface area (Å²) in [6, 6.07) is 0. The highest BCUT2D eigenvalue weighted by molar-refractivity contribution is 6.80. The van der Waals surface area contributed by atoms with Crippen LogP contribution in [0.1, 0.15) is 64.7 Å². The van der Waals surface area contributed by atoms with Crippen LogP contribution >= 0.6 is 0 Å². The second kappa shape index (κ2) is 10.1. The van der Waals surface area contributed by atoms with E-state index in [1.165, 1.54) is 57.8 Å². The lowest BCUT2D eigenvalue weighted by molar-refractivity contribution is 0.577. The van der Waals surface area contributed by atoms with E-state index in [1.807, 2.05) is 0 Å². The van der Waals surface area contributed by atoms with Crippen LogP contribution in [0.3, 0.4) is 0 Å². The summed E-state index contributed by atoms with van der Waals surface area (Å²) in [5.41, 5.74) is 2.48. The topological polar surface area (TPSA) is 0 Å². The highest BCUT2D eigenvalue weighted by Crippen LogP contribution is 2.10. The maximum atomic E-state index is 2.48. The van der Waals surface area contributed by atoms with Gasteiger partial charge in [0.15, 0.2) is 0 Å².